The van der Waals surface area contributed by atoms with Gasteiger partial charge in [-0.05, 0) is 23.8 Å². The summed E-state index contributed by atoms with van der Waals surface area (Å²) in [6.45, 7) is 0. The molecule has 2 heterocycles. The minimum absolute atomic E-state index is 0.0689. The van der Waals surface area contributed by atoms with Gasteiger partial charge < -0.3 is 16.8 Å². The highest BCUT2D eigenvalue weighted by Gasteiger charge is 2.16. The van der Waals surface area contributed by atoms with Gasteiger partial charge in [0, 0.05) is 18.0 Å². The Balaban J connectivity index is 2.03. The monoisotopic (exact) mass is 322 g/mol. The van der Waals surface area contributed by atoms with E-state index in [0.29, 0.717) is 5.69 Å². The average molecular weight is 322 g/mol. The number of urea groups is 1. The number of carbonyl (C=O) groups excluding carboxylic acids is 2. The highest BCUT2D eigenvalue weighted by Crippen LogP contribution is 2.23. The molecule has 120 valence electrons. The molecule has 0 bridgehead atoms. The smallest absolute Gasteiger partial charge is 0.316 e. The quantitative estimate of drug-likeness (QED) is 0.672. The maximum absolute atomic E-state index is 11.5. The van der Waals surface area contributed by atoms with Crippen molar-refractivity contribution in [2.75, 3.05) is 5.32 Å². The van der Waals surface area contributed by atoms with Crippen molar-refractivity contribution in [1.82, 2.24) is 14.8 Å². The van der Waals surface area contributed by atoms with Crippen LogP contribution >= 0.6 is 0 Å². The van der Waals surface area contributed by atoms with Gasteiger partial charge >= 0.3 is 6.03 Å². The van der Waals surface area contributed by atoms with Gasteiger partial charge in [-0.3, -0.25) is 9.78 Å². The molecular weight excluding hydrogens is 308 g/mol. The normalized spacial score (nSPS) is 10.3. The summed E-state index contributed by atoms with van der Waals surface area (Å²) >= 11 is 0. The number of carbonyl (C=O) groups is 2. The maximum atomic E-state index is 11.5. The molecule has 2 aromatic heterocycles. The molecule has 0 radical (unpaired) electrons. The van der Waals surface area contributed by atoms with Crippen LogP contribution in [0.15, 0.2) is 55.0 Å². The Morgan fingerprint density at radius 3 is 2.54 bits per heavy atom. The lowest BCUT2D eigenvalue weighted by molar-refractivity contribution is 0.0996. The summed E-state index contributed by atoms with van der Waals surface area (Å²) < 4.78 is 1.45. The number of benzene rings is 1. The molecule has 1 aromatic carbocycles. The average Bonchev–Trinajstić information content (AvgIpc) is 2.99. The number of aromatic nitrogens is 3. The summed E-state index contributed by atoms with van der Waals surface area (Å²) in [4.78, 5) is 26.6. The lowest BCUT2D eigenvalue weighted by atomic mass is 10.1. The lowest BCUT2D eigenvalue weighted by Crippen LogP contribution is -2.22. The Labute approximate surface area is 137 Å². The van der Waals surface area contributed by atoms with Crippen LogP contribution in [0.25, 0.3) is 16.8 Å². The number of pyridine rings is 1. The van der Waals surface area contributed by atoms with Crippen molar-refractivity contribution in [2.45, 2.75) is 0 Å². The molecule has 5 N–H and O–H groups in total. The third-order valence-electron chi connectivity index (χ3n) is 3.31. The topological polar surface area (TPSA) is 129 Å². The largest absolute Gasteiger partial charge is 0.364 e. The molecule has 3 aromatic rings. The van der Waals surface area contributed by atoms with Crippen molar-refractivity contribution in [3.8, 4) is 16.8 Å². The zero-order valence-electron chi connectivity index (χ0n) is 12.5. The summed E-state index contributed by atoms with van der Waals surface area (Å²) in [5.41, 5.74) is 13.0. The molecule has 0 aliphatic carbocycles. The van der Waals surface area contributed by atoms with E-state index >= 15 is 0 Å². The summed E-state index contributed by atoms with van der Waals surface area (Å²) in [5, 5.41) is 6.46. The van der Waals surface area contributed by atoms with Crippen LogP contribution in [0.5, 0.6) is 0 Å². The number of hydrogen-bond acceptors (Lipinski definition) is 4. The standard InChI is InChI=1S/C16H14N6O2/c17-15(23)14-13(20-16(18)24)9-22(21-14)12-5-1-3-10(7-12)11-4-2-6-19-8-11/h1-9H,(H2,17,23)(H3,18,20,24). The molecule has 0 fully saturated rings. The van der Waals surface area contributed by atoms with Gasteiger partial charge in [-0.25, -0.2) is 9.48 Å². The van der Waals surface area contributed by atoms with E-state index in [1.165, 1.54) is 10.9 Å². The second-order valence-corrected chi connectivity index (χ2v) is 4.98. The summed E-state index contributed by atoms with van der Waals surface area (Å²) in [7, 11) is 0. The predicted molar refractivity (Wildman–Crippen MR) is 88.5 cm³/mol. The Kier molecular flexibility index (Phi) is 3.94. The van der Waals surface area contributed by atoms with E-state index in [2.05, 4.69) is 15.4 Å². The first-order valence-corrected chi connectivity index (χ1v) is 7.01. The lowest BCUT2D eigenvalue weighted by Gasteiger charge is -2.05. The highest BCUT2D eigenvalue weighted by molar-refractivity contribution is 6.00. The fourth-order valence-electron chi connectivity index (χ4n) is 2.27. The molecule has 0 aliphatic rings. The van der Waals surface area contributed by atoms with Crippen LogP contribution in [0, 0.1) is 0 Å². The van der Waals surface area contributed by atoms with Gasteiger partial charge in [-0.15, -0.1) is 0 Å². The van der Waals surface area contributed by atoms with Gasteiger partial charge in [-0.2, -0.15) is 5.10 Å². The minimum Gasteiger partial charge on any atom is -0.364 e. The van der Waals surface area contributed by atoms with E-state index in [9.17, 15) is 9.59 Å². The van der Waals surface area contributed by atoms with E-state index < -0.39 is 11.9 Å². The third-order valence-corrected chi connectivity index (χ3v) is 3.31. The fraction of sp³-hybridized carbons (Fsp3) is 0. The summed E-state index contributed by atoms with van der Waals surface area (Å²) in [5.74, 6) is -0.763. The van der Waals surface area contributed by atoms with Crippen LogP contribution in [-0.2, 0) is 0 Å². The number of anilines is 1. The van der Waals surface area contributed by atoms with E-state index in [-0.39, 0.29) is 11.4 Å². The highest BCUT2D eigenvalue weighted by atomic mass is 16.2. The molecule has 24 heavy (non-hydrogen) atoms. The third kappa shape index (κ3) is 3.07. The SMILES string of the molecule is NC(=O)Nc1cn(-c2cccc(-c3cccnc3)c2)nc1C(N)=O. The van der Waals surface area contributed by atoms with Crippen molar-refractivity contribution in [3.05, 3.63) is 60.7 Å². The van der Waals surface area contributed by atoms with Crippen LogP contribution in [0.3, 0.4) is 0 Å². The Bertz CT molecular complexity index is 904. The fourth-order valence-corrected chi connectivity index (χ4v) is 2.27. The van der Waals surface area contributed by atoms with Crippen molar-refractivity contribution < 1.29 is 9.59 Å². The molecule has 0 saturated carbocycles. The predicted octanol–water partition coefficient (Wildman–Crippen LogP) is 1.52. The Morgan fingerprint density at radius 2 is 1.88 bits per heavy atom. The molecule has 0 spiro atoms. The first-order chi connectivity index (χ1) is 11.5. The van der Waals surface area contributed by atoms with Crippen molar-refractivity contribution >= 4 is 17.6 Å². The number of primary amides is 2. The van der Waals surface area contributed by atoms with Crippen LogP contribution in [0.2, 0.25) is 0 Å². The molecule has 8 heteroatoms. The van der Waals surface area contributed by atoms with Gasteiger partial charge in [0.1, 0.15) is 0 Å². The molecule has 0 saturated heterocycles. The summed E-state index contributed by atoms with van der Waals surface area (Å²) in [6.07, 6.45) is 4.92. The van der Waals surface area contributed by atoms with E-state index in [0.717, 1.165) is 11.1 Å². The molecule has 0 atom stereocenters. The number of nitrogens with zero attached hydrogens (tertiary/aromatic N) is 3. The second kappa shape index (κ2) is 6.21. The minimum atomic E-state index is -0.804. The zero-order valence-corrected chi connectivity index (χ0v) is 12.5. The van der Waals surface area contributed by atoms with E-state index in [1.807, 2.05) is 36.4 Å². The number of nitrogens with one attached hydrogen (secondary N) is 1. The molecule has 3 amide bonds. The van der Waals surface area contributed by atoms with Crippen LogP contribution in [0.4, 0.5) is 10.5 Å². The van der Waals surface area contributed by atoms with Crippen molar-refractivity contribution in [2.24, 2.45) is 11.5 Å². The van der Waals surface area contributed by atoms with Crippen LogP contribution in [0.1, 0.15) is 10.5 Å². The summed E-state index contributed by atoms with van der Waals surface area (Å²) in [6, 6.07) is 10.4. The number of rotatable bonds is 4. The number of hydrogen-bond donors (Lipinski definition) is 3. The van der Waals surface area contributed by atoms with Gasteiger partial charge in [-0.1, -0.05) is 18.2 Å². The number of amides is 3. The molecule has 8 nitrogen and oxygen atoms in total. The molecule has 3 rings (SSSR count). The molecule has 0 unspecified atom stereocenters. The maximum Gasteiger partial charge on any atom is 0.316 e. The van der Waals surface area contributed by atoms with E-state index in [1.54, 1.807) is 12.4 Å². The van der Waals surface area contributed by atoms with Crippen molar-refractivity contribution in [3.63, 3.8) is 0 Å². The van der Waals surface area contributed by atoms with Crippen LogP contribution in [-0.4, -0.2) is 26.7 Å². The first-order valence-electron chi connectivity index (χ1n) is 7.01. The van der Waals surface area contributed by atoms with Gasteiger partial charge in [0.2, 0.25) is 0 Å². The van der Waals surface area contributed by atoms with Gasteiger partial charge in [0.05, 0.1) is 17.6 Å². The van der Waals surface area contributed by atoms with Crippen LogP contribution < -0.4 is 16.8 Å². The second-order valence-electron chi connectivity index (χ2n) is 4.98. The van der Waals surface area contributed by atoms with E-state index in [4.69, 9.17) is 11.5 Å². The van der Waals surface area contributed by atoms with Crippen molar-refractivity contribution in [1.29, 1.82) is 0 Å². The zero-order chi connectivity index (χ0) is 17.1. The Hall–Kier alpha value is -3.68. The first kappa shape index (κ1) is 15.2. The molecule has 0 aliphatic heterocycles. The van der Waals surface area contributed by atoms with Gasteiger partial charge in [0.15, 0.2) is 5.69 Å². The van der Waals surface area contributed by atoms with Gasteiger partial charge in [0.25, 0.3) is 5.91 Å². The Morgan fingerprint density at radius 1 is 1.08 bits per heavy atom. The molecular formula is C16H14N6O2. The number of nitrogens with two attached hydrogens (primary N) is 2.